The Morgan fingerprint density at radius 2 is 1.96 bits per heavy atom. The number of aryl methyl sites for hydroxylation is 1. The van der Waals surface area contributed by atoms with Gasteiger partial charge in [-0.25, -0.2) is 0 Å². The van der Waals surface area contributed by atoms with Crippen LogP contribution in [0.15, 0.2) is 41.8 Å². The summed E-state index contributed by atoms with van der Waals surface area (Å²) in [5, 5.41) is 11.0. The van der Waals surface area contributed by atoms with Crippen LogP contribution in [0.4, 0.5) is 0 Å². The molecule has 0 unspecified atom stereocenters. The van der Waals surface area contributed by atoms with Crippen molar-refractivity contribution < 1.29 is 4.79 Å². The van der Waals surface area contributed by atoms with Gasteiger partial charge >= 0.3 is 0 Å². The van der Waals surface area contributed by atoms with Crippen LogP contribution in [0.2, 0.25) is 0 Å². The average Bonchev–Trinajstić information content (AvgIpc) is 3.07. The van der Waals surface area contributed by atoms with Crippen molar-refractivity contribution in [2.75, 3.05) is 26.2 Å². The SMILES string of the molecule is N#Cc1ccc(CN2CCCN(C(=O)CCCc3cccs3)CC2)cc1. The topological polar surface area (TPSA) is 47.3 Å². The maximum Gasteiger partial charge on any atom is 0.222 e. The zero-order chi connectivity index (χ0) is 18.2. The van der Waals surface area contributed by atoms with Crippen molar-refractivity contribution >= 4 is 17.2 Å². The fourth-order valence-corrected chi connectivity index (χ4v) is 4.10. The maximum absolute atomic E-state index is 12.5. The zero-order valence-corrected chi connectivity index (χ0v) is 15.9. The summed E-state index contributed by atoms with van der Waals surface area (Å²) >= 11 is 1.77. The van der Waals surface area contributed by atoms with Gasteiger partial charge in [0.2, 0.25) is 5.91 Å². The van der Waals surface area contributed by atoms with E-state index < -0.39 is 0 Å². The number of rotatable bonds is 6. The van der Waals surface area contributed by atoms with Crippen molar-refractivity contribution in [1.82, 2.24) is 9.80 Å². The molecular weight excluding hydrogens is 342 g/mol. The smallest absolute Gasteiger partial charge is 0.222 e. The molecule has 1 aromatic heterocycles. The average molecular weight is 368 g/mol. The molecule has 5 heteroatoms. The molecule has 0 saturated carbocycles. The van der Waals surface area contributed by atoms with E-state index in [-0.39, 0.29) is 0 Å². The molecule has 2 aromatic rings. The lowest BCUT2D eigenvalue weighted by molar-refractivity contribution is -0.131. The first-order valence-electron chi connectivity index (χ1n) is 9.26. The molecule has 1 amide bonds. The van der Waals surface area contributed by atoms with Gasteiger partial charge in [-0.3, -0.25) is 9.69 Å². The van der Waals surface area contributed by atoms with Crippen LogP contribution in [0.1, 0.15) is 35.3 Å². The van der Waals surface area contributed by atoms with Gasteiger partial charge in [-0.1, -0.05) is 18.2 Å². The van der Waals surface area contributed by atoms with Crippen LogP contribution in [0.25, 0.3) is 0 Å². The van der Waals surface area contributed by atoms with Crippen LogP contribution < -0.4 is 0 Å². The lowest BCUT2D eigenvalue weighted by Crippen LogP contribution is -2.35. The molecule has 2 heterocycles. The second-order valence-corrected chi connectivity index (χ2v) is 7.78. The summed E-state index contributed by atoms with van der Waals surface area (Å²) in [4.78, 5) is 18.3. The Balaban J connectivity index is 1.43. The Bertz CT molecular complexity index is 734. The summed E-state index contributed by atoms with van der Waals surface area (Å²) in [5.74, 6) is 0.293. The van der Waals surface area contributed by atoms with Crippen molar-refractivity contribution in [3.8, 4) is 6.07 Å². The summed E-state index contributed by atoms with van der Waals surface area (Å²) in [5.41, 5.74) is 1.92. The van der Waals surface area contributed by atoms with Crippen molar-refractivity contribution in [1.29, 1.82) is 5.26 Å². The highest BCUT2D eigenvalue weighted by atomic mass is 32.1. The molecule has 0 radical (unpaired) electrons. The minimum absolute atomic E-state index is 0.293. The molecule has 1 saturated heterocycles. The Hall–Kier alpha value is -2.16. The number of nitrogens with zero attached hydrogens (tertiary/aromatic N) is 3. The third-order valence-electron chi connectivity index (χ3n) is 4.82. The molecule has 1 aliphatic heterocycles. The first kappa shape index (κ1) is 18.6. The fourth-order valence-electron chi connectivity index (χ4n) is 3.35. The van der Waals surface area contributed by atoms with Crippen LogP contribution in [0, 0.1) is 11.3 Å². The van der Waals surface area contributed by atoms with Gasteiger partial charge in [-0.2, -0.15) is 5.26 Å². The van der Waals surface area contributed by atoms with Crippen LogP contribution in [0.5, 0.6) is 0 Å². The molecule has 0 bridgehead atoms. The van der Waals surface area contributed by atoms with Crippen LogP contribution in [-0.2, 0) is 17.8 Å². The van der Waals surface area contributed by atoms with Gasteiger partial charge < -0.3 is 4.90 Å². The standard InChI is InChI=1S/C21H25N3OS/c22-16-18-7-9-19(10-8-18)17-23-11-3-12-24(14-13-23)21(25)6-1-4-20-5-2-15-26-20/h2,5,7-10,15H,1,3-4,6,11-14,17H2. The van der Waals surface area contributed by atoms with Gasteiger partial charge in [-0.05, 0) is 48.4 Å². The minimum Gasteiger partial charge on any atom is -0.341 e. The van der Waals surface area contributed by atoms with Crippen molar-refractivity contribution in [2.24, 2.45) is 0 Å². The van der Waals surface area contributed by atoms with Gasteiger partial charge in [0.05, 0.1) is 11.6 Å². The molecule has 0 atom stereocenters. The number of carbonyl (C=O) groups excluding carboxylic acids is 1. The van der Waals surface area contributed by atoms with E-state index in [1.54, 1.807) is 11.3 Å². The molecule has 3 rings (SSSR count). The number of benzene rings is 1. The first-order chi connectivity index (χ1) is 12.7. The van der Waals surface area contributed by atoms with Gasteiger partial charge in [0.15, 0.2) is 0 Å². The maximum atomic E-state index is 12.5. The summed E-state index contributed by atoms with van der Waals surface area (Å²) < 4.78 is 0. The lowest BCUT2D eigenvalue weighted by Gasteiger charge is -2.22. The van der Waals surface area contributed by atoms with Crippen LogP contribution in [-0.4, -0.2) is 41.9 Å². The second kappa shape index (κ2) is 9.51. The van der Waals surface area contributed by atoms with E-state index in [9.17, 15) is 4.79 Å². The molecule has 1 aliphatic rings. The quantitative estimate of drug-likeness (QED) is 0.782. The fraction of sp³-hybridized carbons (Fsp3) is 0.429. The van der Waals surface area contributed by atoms with E-state index in [0.29, 0.717) is 17.9 Å². The van der Waals surface area contributed by atoms with E-state index >= 15 is 0 Å². The third kappa shape index (κ3) is 5.42. The number of nitriles is 1. The predicted molar refractivity (Wildman–Crippen MR) is 105 cm³/mol. The van der Waals surface area contributed by atoms with Crippen molar-refractivity contribution in [2.45, 2.75) is 32.2 Å². The molecule has 1 aromatic carbocycles. The highest BCUT2D eigenvalue weighted by Gasteiger charge is 2.18. The summed E-state index contributed by atoms with van der Waals surface area (Å²) in [6.07, 6.45) is 3.60. The highest BCUT2D eigenvalue weighted by Crippen LogP contribution is 2.14. The van der Waals surface area contributed by atoms with E-state index in [2.05, 4.69) is 28.5 Å². The molecule has 0 N–H and O–H groups in total. The van der Waals surface area contributed by atoms with Gasteiger partial charge in [-0.15, -0.1) is 11.3 Å². The lowest BCUT2D eigenvalue weighted by atomic mass is 10.1. The third-order valence-corrected chi connectivity index (χ3v) is 5.76. The Labute approximate surface area is 159 Å². The number of thiophene rings is 1. The monoisotopic (exact) mass is 367 g/mol. The first-order valence-corrected chi connectivity index (χ1v) is 10.1. The van der Waals surface area contributed by atoms with E-state index in [0.717, 1.165) is 52.0 Å². The van der Waals surface area contributed by atoms with Gasteiger partial charge in [0.25, 0.3) is 0 Å². The molecule has 1 fully saturated rings. The number of carbonyl (C=O) groups is 1. The zero-order valence-electron chi connectivity index (χ0n) is 15.1. The number of hydrogen-bond acceptors (Lipinski definition) is 4. The molecular formula is C21H25N3OS. The van der Waals surface area contributed by atoms with E-state index in [4.69, 9.17) is 5.26 Å². The Kier molecular flexibility index (Phi) is 6.82. The van der Waals surface area contributed by atoms with E-state index in [1.807, 2.05) is 29.2 Å². The van der Waals surface area contributed by atoms with Crippen LogP contribution in [0.3, 0.4) is 0 Å². The summed E-state index contributed by atoms with van der Waals surface area (Å²) in [7, 11) is 0. The molecule has 26 heavy (non-hydrogen) atoms. The number of amides is 1. The van der Waals surface area contributed by atoms with Crippen LogP contribution >= 0.6 is 11.3 Å². The largest absolute Gasteiger partial charge is 0.341 e. The summed E-state index contributed by atoms with van der Waals surface area (Å²) in [6, 6.07) is 14.2. The Morgan fingerprint density at radius 1 is 1.12 bits per heavy atom. The molecule has 0 spiro atoms. The number of hydrogen-bond donors (Lipinski definition) is 0. The molecule has 0 aliphatic carbocycles. The normalized spacial score (nSPS) is 15.4. The highest BCUT2D eigenvalue weighted by molar-refractivity contribution is 7.09. The predicted octanol–water partition coefficient (Wildman–Crippen LogP) is 3.68. The van der Waals surface area contributed by atoms with Crippen molar-refractivity contribution in [3.63, 3.8) is 0 Å². The van der Waals surface area contributed by atoms with Gasteiger partial charge in [0, 0.05) is 44.0 Å². The molecule has 136 valence electrons. The minimum atomic E-state index is 0.293. The van der Waals surface area contributed by atoms with E-state index in [1.165, 1.54) is 10.4 Å². The Morgan fingerprint density at radius 3 is 2.69 bits per heavy atom. The molecule has 4 nitrogen and oxygen atoms in total. The summed E-state index contributed by atoms with van der Waals surface area (Å²) in [6.45, 7) is 4.48. The van der Waals surface area contributed by atoms with Gasteiger partial charge in [0.1, 0.15) is 0 Å². The van der Waals surface area contributed by atoms with Crippen molar-refractivity contribution in [3.05, 3.63) is 57.8 Å². The second-order valence-electron chi connectivity index (χ2n) is 6.75.